The number of rotatable bonds is 17. The topological polar surface area (TPSA) is 65.0 Å². The van der Waals surface area contributed by atoms with E-state index in [9.17, 15) is 9.90 Å². The maximum atomic E-state index is 12.6. The summed E-state index contributed by atoms with van der Waals surface area (Å²) < 4.78 is 20.2. The Bertz CT molecular complexity index is 1480. The van der Waals surface area contributed by atoms with Crippen LogP contribution in [0.3, 0.4) is 0 Å². The van der Waals surface area contributed by atoms with Crippen LogP contribution in [0.5, 0.6) is 0 Å². The van der Waals surface area contributed by atoms with Crippen molar-refractivity contribution in [2.45, 2.75) is 84.7 Å². The van der Waals surface area contributed by atoms with Gasteiger partial charge in [0.25, 0.3) is 0 Å². The monoisotopic (exact) mass is 713 g/mol. The first-order chi connectivity index (χ1) is 23.8. The van der Waals surface area contributed by atoms with Crippen LogP contribution in [0.4, 0.5) is 0 Å². The van der Waals surface area contributed by atoms with E-state index in [1.54, 1.807) is 12.1 Å². The van der Waals surface area contributed by atoms with Crippen LogP contribution in [0.1, 0.15) is 64.7 Å². The van der Waals surface area contributed by atoms with Gasteiger partial charge in [-0.2, -0.15) is 0 Å². The lowest BCUT2D eigenvalue weighted by Gasteiger charge is -2.39. The third-order valence-corrected chi connectivity index (χ3v) is 18.5. The quantitative estimate of drug-likeness (QED) is 0.0672. The van der Waals surface area contributed by atoms with Crippen molar-refractivity contribution < 1.29 is 23.6 Å². The molecule has 0 radical (unpaired) electrons. The van der Waals surface area contributed by atoms with Crippen molar-refractivity contribution in [3.63, 3.8) is 0 Å². The molecule has 1 N–H and O–H groups in total. The number of carbonyl (C=O) groups excluding carboxylic acids is 1. The summed E-state index contributed by atoms with van der Waals surface area (Å²) in [5.74, 6) is -0.406. The zero-order valence-corrected chi connectivity index (χ0v) is 33.2. The Labute approximate surface area is 303 Å². The molecule has 0 bridgehead atoms. The smallest absolute Gasteiger partial charge is 0.338 e. The summed E-state index contributed by atoms with van der Waals surface area (Å²) in [6, 6.07) is 41.0. The van der Waals surface area contributed by atoms with E-state index in [1.807, 2.05) is 25.1 Å². The van der Waals surface area contributed by atoms with Crippen molar-refractivity contribution in [3.05, 3.63) is 127 Å². The second-order valence-corrected chi connectivity index (χ2v) is 23.1. The predicted octanol–water partition coefficient (Wildman–Crippen LogP) is 9.21. The molecule has 0 saturated heterocycles. The lowest BCUT2D eigenvalue weighted by atomic mass is 9.88. The van der Waals surface area contributed by atoms with Crippen LogP contribution in [0, 0.1) is 17.8 Å². The van der Waals surface area contributed by atoms with Gasteiger partial charge < -0.3 is 14.3 Å². The van der Waals surface area contributed by atoms with Crippen LogP contribution in [0.2, 0.25) is 18.1 Å². The van der Waals surface area contributed by atoms with Gasteiger partial charge >= 0.3 is 5.97 Å². The van der Waals surface area contributed by atoms with E-state index in [0.29, 0.717) is 18.6 Å². The molecule has 0 aliphatic heterocycles. The van der Waals surface area contributed by atoms with E-state index >= 15 is 0 Å². The summed E-state index contributed by atoms with van der Waals surface area (Å²) in [5, 5.41) is 14.9. The van der Waals surface area contributed by atoms with Gasteiger partial charge in [-0.3, -0.25) is 0 Å². The minimum atomic E-state index is -2.60. The molecule has 4 aromatic rings. The molecule has 268 valence electrons. The van der Waals surface area contributed by atoms with Crippen molar-refractivity contribution in [3.8, 4) is 0 Å². The number of hydrogen-bond acceptors (Lipinski definition) is 5. The number of aliphatic hydroxyl groups is 1. The number of benzene rings is 4. The van der Waals surface area contributed by atoms with Gasteiger partial charge in [0.05, 0.1) is 18.3 Å². The largest absolute Gasteiger partial charge is 0.462 e. The maximum absolute atomic E-state index is 12.6. The van der Waals surface area contributed by atoms with E-state index in [-0.39, 0.29) is 41.5 Å². The molecule has 5 nitrogen and oxygen atoms in total. The number of ether oxygens (including phenoxy) is 1. The fourth-order valence-corrected chi connectivity index (χ4v) is 10.9. The second kappa shape index (κ2) is 17.9. The van der Waals surface area contributed by atoms with E-state index in [1.165, 1.54) is 15.9 Å². The number of aliphatic hydroxyl groups excluding tert-OH is 1. The van der Waals surface area contributed by atoms with Gasteiger partial charge in [-0.05, 0) is 85.4 Å². The van der Waals surface area contributed by atoms with E-state index in [0.717, 1.165) is 6.42 Å². The molecule has 0 spiro atoms. The fraction of sp³-hybridized carbons (Fsp3) is 0.419. The second-order valence-electron chi connectivity index (χ2n) is 15.3. The molecule has 0 saturated carbocycles. The first-order valence-corrected chi connectivity index (χ1v) is 22.7. The number of esters is 1. The normalized spacial score (nSPS) is 15.5. The Morgan fingerprint density at radius 1 is 0.660 bits per heavy atom. The lowest BCUT2D eigenvalue weighted by molar-refractivity contribution is 0.0188. The third-order valence-electron chi connectivity index (χ3n) is 10.3. The molecule has 4 aromatic carbocycles. The SMILES string of the molecule is C[C@H](COC(=O)c1ccccc1)[C@@H](O)CC[C@H](C)[C@H](O[P+](c1ccccc1)(c1ccccc1)c1ccccc1)[C@@H](C)CO[Si](C)(C)C(C)(C)C. The van der Waals surface area contributed by atoms with Crippen molar-refractivity contribution in [2.24, 2.45) is 17.8 Å². The zero-order chi connectivity index (χ0) is 36.4. The predicted molar refractivity (Wildman–Crippen MR) is 213 cm³/mol. The van der Waals surface area contributed by atoms with Gasteiger partial charge in [-0.1, -0.05) is 114 Å². The Morgan fingerprint density at radius 3 is 1.54 bits per heavy atom. The molecule has 7 heteroatoms. The van der Waals surface area contributed by atoms with Gasteiger partial charge in [0.2, 0.25) is 7.49 Å². The summed E-state index contributed by atoms with van der Waals surface area (Å²) in [4.78, 5) is 12.6. The molecule has 50 heavy (non-hydrogen) atoms. The highest BCUT2D eigenvalue weighted by molar-refractivity contribution is 7.91. The standard InChI is InChI=1S/C43H58O5PSi/c1-33(29-30-40(44)34(2)31-46-42(45)36-21-13-9-14-22-36)41(35(3)32-47-50(7,8)43(4,5)6)48-49(37-23-15-10-16-24-37,38-25-17-11-18-26-38)39-27-19-12-20-28-39/h9-28,33-35,40-41,44H,29-32H2,1-8H3/q+1/t33-,34+,35-,40-,41-/m0/s1. The molecule has 0 heterocycles. The molecule has 0 aromatic heterocycles. The van der Waals surface area contributed by atoms with E-state index < -0.39 is 21.9 Å². The van der Waals surface area contributed by atoms with Gasteiger partial charge in [0.15, 0.2) is 8.32 Å². The van der Waals surface area contributed by atoms with Gasteiger partial charge in [-0.15, -0.1) is 0 Å². The highest BCUT2D eigenvalue weighted by Gasteiger charge is 2.51. The molecular weight excluding hydrogens is 656 g/mol. The highest BCUT2D eigenvalue weighted by atomic mass is 31.2. The van der Waals surface area contributed by atoms with Crippen LogP contribution >= 0.6 is 7.49 Å². The number of hydrogen-bond donors (Lipinski definition) is 1. The number of carbonyl (C=O) groups is 1. The first-order valence-electron chi connectivity index (χ1n) is 18.0. The molecule has 0 fully saturated rings. The molecule has 0 unspecified atom stereocenters. The molecule has 5 atom stereocenters. The van der Waals surface area contributed by atoms with Crippen LogP contribution < -0.4 is 15.9 Å². The first kappa shape index (κ1) is 39.7. The summed E-state index contributed by atoms with van der Waals surface area (Å²) in [7, 11) is -4.62. The summed E-state index contributed by atoms with van der Waals surface area (Å²) in [6.45, 7) is 18.6. The van der Waals surface area contributed by atoms with Crippen molar-refractivity contribution in [1.29, 1.82) is 0 Å². The van der Waals surface area contributed by atoms with Gasteiger partial charge in [0.1, 0.15) is 22.0 Å². The van der Waals surface area contributed by atoms with Crippen LogP contribution in [0.15, 0.2) is 121 Å². The molecule has 4 rings (SSSR count). The third kappa shape index (κ3) is 10.0. The zero-order valence-electron chi connectivity index (χ0n) is 31.3. The Balaban J connectivity index is 1.64. The fourth-order valence-electron chi connectivity index (χ4n) is 6.00. The maximum Gasteiger partial charge on any atom is 0.338 e. The minimum absolute atomic E-state index is 0.0797. The molecule has 0 aliphatic carbocycles. The van der Waals surface area contributed by atoms with Crippen LogP contribution in [-0.4, -0.2) is 44.8 Å². The Hall–Kier alpha value is -3.12. The summed E-state index contributed by atoms with van der Waals surface area (Å²) in [6.07, 6.45) is 0.504. The van der Waals surface area contributed by atoms with Crippen molar-refractivity contribution in [1.82, 2.24) is 0 Å². The molecular formula is C43H58O5PSi+. The Morgan fingerprint density at radius 2 is 1.10 bits per heavy atom. The Kier molecular flexibility index (Phi) is 14.2. The summed E-state index contributed by atoms with van der Waals surface area (Å²) in [5.41, 5.74) is 0.513. The summed E-state index contributed by atoms with van der Waals surface area (Å²) >= 11 is 0. The van der Waals surface area contributed by atoms with Crippen molar-refractivity contribution in [2.75, 3.05) is 13.2 Å². The van der Waals surface area contributed by atoms with Crippen LogP contribution in [0.25, 0.3) is 0 Å². The highest BCUT2D eigenvalue weighted by Crippen LogP contribution is 2.59. The van der Waals surface area contributed by atoms with Crippen molar-refractivity contribution >= 4 is 37.7 Å². The van der Waals surface area contributed by atoms with E-state index in [2.05, 4.69) is 139 Å². The van der Waals surface area contributed by atoms with Crippen LogP contribution in [-0.2, 0) is 13.7 Å². The average Bonchev–Trinajstić information content (AvgIpc) is 3.13. The van der Waals surface area contributed by atoms with E-state index in [4.69, 9.17) is 13.7 Å². The molecule has 0 amide bonds. The average molecular weight is 714 g/mol. The minimum Gasteiger partial charge on any atom is -0.462 e. The lowest BCUT2D eigenvalue weighted by Crippen LogP contribution is -2.45. The van der Waals surface area contributed by atoms with Gasteiger partial charge in [0, 0.05) is 18.4 Å². The van der Waals surface area contributed by atoms with Gasteiger partial charge in [-0.25, -0.2) is 9.32 Å². The molecule has 0 aliphatic rings.